The summed E-state index contributed by atoms with van der Waals surface area (Å²) < 4.78 is 6.51. The third-order valence-electron chi connectivity index (χ3n) is 6.78. The van der Waals surface area contributed by atoms with Gasteiger partial charge in [-0.1, -0.05) is 0 Å². The number of rotatable bonds is 4. The summed E-state index contributed by atoms with van der Waals surface area (Å²) in [4.78, 5) is 28.3. The molecule has 0 saturated carbocycles. The number of fused-ring (bicyclic) bond motifs is 1. The molecule has 3 aliphatic heterocycles. The minimum absolute atomic E-state index is 0.0324. The Labute approximate surface area is 170 Å². The fourth-order valence-electron chi connectivity index (χ4n) is 5.61. The molecule has 2 aromatic heterocycles. The van der Waals surface area contributed by atoms with E-state index < -0.39 is 0 Å². The normalized spacial score (nSPS) is 29.9. The van der Waals surface area contributed by atoms with Gasteiger partial charge >= 0.3 is 0 Å². The molecule has 0 aromatic carbocycles. The molecule has 1 spiro atoms. The Morgan fingerprint density at radius 3 is 2.76 bits per heavy atom. The van der Waals surface area contributed by atoms with Gasteiger partial charge in [0, 0.05) is 60.8 Å². The number of carbonyl (C=O) groups excluding carboxylic acids is 1. The first-order valence-electron chi connectivity index (χ1n) is 10.4. The zero-order chi connectivity index (χ0) is 20.2. The molecule has 7 heteroatoms. The van der Waals surface area contributed by atoms with E-state index in [2.05, 4.69) is 25.2 Å². The number of aryl methyl sites for hydroxylation is 3. The summed E-state index contributed by atoms with van der Waals surface area (Å²) >= 11 is 0. The maximum absolute atomic E-state index is 12.7. The minimum Gasteiger partial charge on any atom is -0.369 e. The Bertz CT molecular complexity index is 944. The summed E-state index contributed by atoms with van der Waals surface area (Å²) in [6.07, 6.45) is 5.88. The Hall–Kier alpha value is -2.54. The van der Waals surface area contributed by atoms with E-state index in [-0.39, 0.29) is 17.6 Å². The molecule has 2 aromatic rings. The molecule has 3 saturated heterocycles. The number of nitrogens with one attached hydrogen (secondary N) is 1. The average molecular weight is 393 g/mol. The molecule has 29 heavy (non-hydrogen) atoms. The predicted octanol–water partition coefficient (Wildman–Crippen LogP) is 2.21. The Balaban J connectivity index is 1.31. The van der Waals surface area contributed by atoms with Crippen molar-refractivity contribution in [2.75, 3.05) is 24.5 Å². The van der Waals surface area contributed by atoms with E-state index in [4.69, 9.17) is 4.74 Å². The quantitative estimate of drug-likeness (QED) is 0.858. The first kappa shape index (κ1) is 18.5. The Kier molecular flexibility index (Phi) is 4.31. The number of carbonyl (C=O) groups is 1. The first-order valence-corrected chi connectivity index (χ1v) is 10.4. The van der Waals surface area contributed by atoms with Crippen LogP contribution >= 0.6 is 0 Å². The second-order valence-electron chi connectivity index (χ2n) is 8.72. The summed E-state index contributed by atoms with van der Waals surface area (Å²) in [6.45, 7) is 8.25. The van der Waals surface area contributed by atoms with Gasteiger partial charge in [-0.2, -0.15) is 0 Å². The number of amides is 1. The van der Waals surface area contributed by atoms with Crippen LogP contribution in [0.4, 0.5) is 5.82 Å². The van der Waals surface area contributed by atoms with Gasteiger partial charge in [-0.05, 0) is 45.7 Å². The van der Waals surface area contributed by atoms with E-state index in [0.29, 0.717) is 23.9 Å². The van der Waals surface area contributed by atoms with Crippen molar-refractivity contribution in [3.05, 3.63) is 47.2 Å². The van der Waals surface area contributed by atoms with Crippen LogP contribution in [0.15, 0.2) is 24.5 Å². The maximum atomic E-state index is 12.7. The second kappa shape index (κ2) is 6.76. The molecule has 0 aliphatic carbocycles. The average Bonchev–Trinajstić information content (AvgIpc) is 3.34. The third kappa shape index (κ3) is 3.08. The molecule has 1 amide bonds. The van der Waals surface area contributed by atoms with Gasteiger partial charge in [0.1, 0.15) is 5.82 Å². The zero-order valence-corrected chi connectivity index (χ0v) is 17.2. The molecule has 0 unspecified atom stereocenters. The van der Waals surface area contributed by atoms with E-state index >= 15 is 0 Å². The highest BCUT2D eigenvalue weighted by Crippen LogP contribution is 2.55. The molecule has 2 bridgehead atoms. The van der Waals surface area contributed by atoms with E-state index in [1.807, 2.05) is 32.9 Å². The van der Waals surface area contributed by atoms with Gasteiger partial charge in [0.2, 0.25) is 0 Å². The summed E-state index contributed by atoms with van der Waals surface area (Å²) in [7, 11) is 0. The van der Waals surface area contributed by atoms with Crippen molar-refractivity contribution < 1.29 is 9.53 Å². The summed E-state index contributed by atoms with van der Waals surface area (Å²) in [5.41, 5.74) is 3.25. The monoisotopic (exact) mass is 393 g/mol. The van der Waals surface area contributed by atoms with E-state index in [0.717, 1.165) is 48.8 Å². The minimum atomic E-state index is -0.103. The highest BCUT2D eigenvalue weighted by atomic mass is 16.5. The van der Waals surface area contributed by atoms with Gasteiger partial charge in [0.15, 0.2) is 0 Å². The highest BCUT2D eigenvalue weighted by Gasteiger charge is 2.63. The molecule has 152 valence electrons. The van der Waals surface area contributed by atoms with Crippen molar-refractivity contribution in [3.63, 3.8) is 0 Å². The van der Waals surface area contributed by atoms with E-state index in [1.54, 1.807) is 12.4 Å². The van der Waals surface area contributed by atoms with Crippen molar-refractivity contribution in [2.24, 2.45) is 11.8 Å². The molecule has 5 heterocycles. The lowest BCUT2D eigenvalue weighted by molar-refractivity contribution is 0.0141. The number of hydrogen-bond donors (Lipinski definition) is 1. The molecule has 0 radical (unpaired) electrons. The number of aromatic nitrogens is 3. The standard InChI is InChI=1S/C22H27N5O2/c1-13-8-16(9-14(2)26-13)21(28)25-10-17-18-11-27(20-15(3)23-6-7-24-20)12-22(18)5-4-19(17)29-22/h6-9,17-19H,4-5,10-12H2,1-3H3,(H,25,28)/t17-,18+,19+,22+/m0/s1. The van der Waals surface area contributed by atoms with Crippen molar-refractivity contribution >= 4 is 11.7 Å². The van der Waals surface area contributed by atoms with Crippen LogP contribution in [0, 0.1) is 32.6 Å². The molecule has 7 nitrogen and oxygen atoms in total. The topological polar surface area (TPSA) is 80.2 Å². The summed E-state index contributed by atoms with van der Waals surface area (Å²) in [6, 6.07) is 3.69. The number of ether oxygens (including phenoxy) is 1. The lowest BCUT2D eigenvalue weighted by Crippen LogP contribution is -2.41. The van der Waals surface area contributed by atoms with E-state index in [9.17, 15) is 4.79 Å². The van der Waals surface area contributed by atoms with Crippen LogP contribution < -0.4 is 10.2 Å². The lowest BCUT2D eigenvalue weighted by Gasteiger charge is -2.29. The SMILES string of the molecule is Cc1cc(C(=O)NC[C@H]2[C@H]3CN(c4nccnc4C)C[C@]34CC[C@H]2O4)cc(C)n1. The van der Waals surface area contributed by atoms with Crippen LogP contribution in [0.25, 0.3) is 0 Å². The number of anilines is 1. The van der Waals surface area contributed by atoms with Gasteiger partial charge in [0.05, 0.1) is 17.4 Å². The van der Waals surface area contributed by atoms with Crippen LogP contribution in [-0.4, -0.2) is 52.2 Å². The van der Waals surface area contributed by atoms with Crippen molar-refractivity contribution in [3.8, 4) is 0 Å². The van der Waals surface area contributed by atoms with Gasteiger partial charge in [-0.25, -0.2) is 4.98 Å². The zero-order valence-electron chi connectivity index (χ0n) is 17.2. The van der Waals surface area contributed by atoms with Crippen LogP contribution in [0.5, 0.6) is 0 Å². The summed E-state index contributed by atoms with van der Waals surface area (Å²) in [5.74, 6) is 1.66. The lowest BCUT2D eigenvalue weighted by atomic mass is 9.73. The van der Waals surface area contributed by atoms with Crippen molar-refractivity contribution in [1.29, 1.82) is 0 Å². The molecule has 5 rings (SSSR count). The Morgan fingerprint density at radius 2 is 2.00 bits per heavy atom. The molecular formula is C22H27N5O2. The maximum Gasteiger partial charge on any atom is 0.251 e. The molecular weight excluding hydrogens is 366 g/mol. The number of hydrogen-bond acceptors (Lipinski definition) is 6. The second-order valence-corrected chi connectivity index (χ2v) is 8.72. The fourth-order valence-corrected chi connectivity index (χ4v) is 5.61. The number of pyridine rings is 1. The van der Waals surface area contributed by atoms with Gasteiger partial charge in [-0.3, -0.25) is 14.8 Å². The summed E-state index contributed by atoms with van der Waals surface area (Å²) in [5, 5.41) is 3.16. The van der Waals surface area contributed by atoms with Gasteiger partial charge in [-0.15, -0.1) is 0 Å². The van der Waals surface area contributed by atoms with Crippen LogP contribution in [0.1, 0.15) is 40.3 Å². The molecule has 4 atom stereocenters. The van der Waals surface area contributed by atoms with Crippen LogP contribution in [0.3, 0.4) is 0 Å². The van der Waals surface area contributed by atoms with Crippen molar-refractivity contribution in [1.82, 2.24) is 20.3 Å². The Morgan fingerprint density at radius 1 is 1.24 bits per heavy atom. The molecule has 3 aliphatic rings. The van der Waals surface area contributed by atoms with Crippen LogP contribution in [-0.2, 0) is 4.74 Å². The third-order valence-corrected chi connectivity index (χ3v) is 6.78. The smallest absolute Gasteiger partial charge is 0.251 e. The van der Waals surface area contributed by atoms with Crippen molar-refractivity contribution in [2.45, 2.75) is 45.3 Å². The van der Waals surface area contributed by atoms with Gasteiger partial charge < -0.3 is 15.0 Å². The predicted molar refractivity (Wildman–Crippen MR) is 109 cm³/mol. The molecule has 3 fully saturated rings. The first-order chi connectivity index (χ1) is 13.9. The largest absolute Gasteiger partial charge is 0.369 e. The van der Waals surface area contributed by atoms with E-state index in [1.165, 1.54) is 0 Å². The van der Waals surface area contributed by atoms with Gasteiger partial charge in [0.25, 0.3) is 5.91 Å². The highest BCUT2D eigenvalue weighted by molar-refractivity contribution is 5.94. The fraction of sp³-hybridized carbons (Fsp3) is 0.545. The molecule has 1 N–H and O–H groups in total. The van der Waals surface area contributed by atoms with Crippen LogP contribution in [0.2, 0.25) is 0 Å². The number of nitrogens with zero attached hydrogens (tertiary/aromatic N) is 4.